The minimum absolute atomic E-state index is 0.238. The highest BCUT2D eigenvalue weighted by Crippen LogP contribution is 2.36. The minimum Gasteiger partial charge on any atom is -0.490 e. The molecule has 4 aromatic rings. The average Bonchev–Trinajstić information content (AvgIpc) is 3.64. The van der Waals surface area contributed by atoms with E-state index in [4.69, 9.17) is 9.47 Å². The summed E-state index contributed by atoms with van der Waals surface area (Å²) in [5.74, 6) is 0.912. The maximum atomic E-state index is 6.11. The van der Waals surface area contributed by atoms with Gasteiger partial charge in [-0.05, 0) is 40.3 Å². The zero-order chi connectivity index (χ0) is 20.2. The van der Waals surface area contributed by atoms with Crippen molar-refractivity contribution >= 4 is 0 Å². The van der Waals surface area contributed by atoms with E-state index in [0.29, 0.717) is 6.61 Å². The first-order chi connectivity index (χ1) is 14.9. The Balaban J connectivity index is 1.57. The molecule has 0 bridgehead atoms. The predicted octanol–water partition coefficient (Wildman–Crippen LogP) is 6.39. The summed E-state index contributed by atoms with van der Waals surface area (Å²) >= 11 is 0. The molecule has 0 spiro atoms. The number of benzene rings is 4. The SMILES string of the molecule is c1ccc(Cc2cc(-c3ccccc3)ccc2-c2ccccc2OCC2CO2)cc1. The molecule has 2 heteroatoms. The minimum atomic E-state index is 0.238. The predicted molar refractivity (Wildman–Crippen MR) is 122 cm³/mol. The lowest BCUT2D eigenvalue weighted by molar-refractivity contribution is 0.264. The third-order valence-electron chi connectivity index (χ3n) is 5.45. The number of hydrogen-bond donors (Lipinski definition) is 0. The van der Waals surface area contributed by atoms with Crippen LogP contribution in [-0.2, 0) is 11.2 Å². The van der Waals surface area contributed by atoms with Crippen LogP contribution >= 0.6 is 0 Å². The van der Waals surface area contributed by atoms with E-state index in [1.165, 1.54) is 27.8 Å². The van der Waals surface area contributed by atoms with Crippen LogP contribution < -0.4 is 4.74 Å². The summed E-state index contributed by atoms with van der Waals surface area (Å²) in [6.45, 7) is 1.40. The largest absolute Gasteiger partial charge is 0.490 e. The summed E-state index contributed by atoms with van der Waals surface area (Å²) in [5, 5.41) is 0. The standard InChI is InChI=1S/C28H24O2/c1-3-9-21(10-4-1)17-24-18-23(22-11-5-2-6-12-22)15-16-26(24)27-13-7-8-14-28(27)30-20-25-19-29-25/h1-16,18,25H,17,19-20H2. The van der Waals surface area contributed by atoms with Gasteiger partial charge in [0.1, 0.15) is 18.5 Å². The Morgan fingerprint density at radius 1 is 0.700 bits per heavy atom. The van der Waals surface area contributed by atoms with Gasteiger partial charge < -0.3 is 9.47 Å². The summed E-state index contributed by atoms with van der Waals surface area (Å²) < 4.78 is 11.4. The number of rotatable bonds is 7. The quantitative estimate of drug-likeness (QED) is 0.340. The van der Waals surface area contributed by atoms with E-state index in [-0.39, 0.29) is 6.10 Å². The first-order valence-corrected chi connectivity index (χ1v) is 10.4. The summed E-state index contributed by atoms with van der Waals surface area (Å²) in [6, 6.07) is 36.2. The normalized spacial score (nSPS) is 15.0. The molecule has 30 heavy (non-hydrogen) atoms. The zero-order valence-corrected chi connectivity index (χ0v) is 16.8. The van der Waals surface area contributed by atoms with Gasteiger partial charge in [-0.15, -0.1) is 0 Å². The maximum Gasteiger partial charge on any atom is 0.127 e. The maximum absolute atomic E-state index is 6.11. The zero-order valence-electron chi connectivity index (χ0n) is 16.8. The van der Waals surface area contributed by atoms with Gasteiger partial charge in [-0.25, -0.2) is 0 Å². The van der Waals surface area contributed by atoms with Gasteiger partial charge in [0, 0.05) is 5.56 Å². The van der Waals surface area contributed by atoms with Crippen molar-refractivity contribution in [2.24, 2.45) is 0 Å². The van der Waals surface area contributed by atoms with Crippen LogP contribution in [0.15, 0.2) is 103 Å². The highest BCUT2D eigenvalue weighted by atomic mass is 16.6. The molecule has 1 unspecified atom stereocenters. The van der Waals surface area contributed by atoms with Crippen LogP contribution in [0, 0.1) is 0 Å². The third-order valence-corrected chi connectivity index (χ3v) is 5.45. The van der Waals surface area contributed by atoms with Crippen molar-refractivity contribution in [2.45, 2.75) is 12.5 Å². The van der Waals surface area contributed by atoms with Gasteiger partial charge in [0.2, 0.25) is 0 Å². The lowest BCUT2D eigenvalue weighted by atomic mass is 9.91. The number of hydrogen-bond acceptors (Lipinski definition) is 2. The molecule has 5 rings (SSSR count). The monoisotopic (exact) mass is 392 g/mol. The molecule has 148 valence electrons. The van der Waals surface area contributed by atoms with Crippen LogP contribution in [0.4, 0.5) is 0 Å². The summed E-state index contributed by atoms with van der Waals surface area (Å²) in [5.41, 5.74) is 7.40. The molecule has 0 saturated carbocycles. The number of para-hydroxylation sites is 1. The van der Waals surface area contributed by atoms with E-state index in [1.54, 1.807) is 0 Å². The molecule has 1 atom stereocenters. The lowest BCUT2D eigenvalue weighted by Gasteiger charge is -2.16. The molecule has 4 aromatic carbocycles. The molecule has 1 heterocycles. The van der Waals surface area contributed by atoms with E-state index < -0.39 is 0 Å². The van der Waals surface area contributed by atoms with E-state index in [1.807, 2.05) is 6.07 Å². The van der Waals surface area contributed by atoms with E-state index >= 15 is 0 Å². The molecular formula is C28H24O2. The van der Waals surface area contributed by atoms with Crippen LogP contribution in [0.1, 0.15) is 11.1 Å². The van der Waals surface area contributed by atoms with Crippen molar-refractivity contribution in [3.05, 3.63) is 114 Å². The number of ether oxygens (including phenoxy) is 2. The fourth-order valence-electron chi connectivity index (χ4n) is 3.79. The second-order valence-electron chi connectivity index (χ2n) is 7.66. The molecule has 1 aliphatic rings. The van der Waals surface area contributed by atoms with Gasteiger partial charge in [0.15, 0.2) is 0 Å². The molecule has 1 aliphatic heterocycles. The van der Waals surface area contributed by atoms with E-state index in [0.717, 1.165) is 24.3 Å². The van der Waals surface area contributed by atoms with Gasteiger partial charge in [0.25, 0.3) is 0 Å². The molecule has 1 saturated heterocycles. The molecular weight excluding hydrogens is 368 g/mol. The van der Waals surface area contributed by atoms with Crippen LogP contribution in [0.25, 0.3) is 22.3 Å². The van der Waals surface area contributed by atoms with Crippen molar-refractivity contribution in [1.82, 2.24) is 0 Å². The van der Waals surface area contributed by atoms with Gasteiger partial charge >= 0.3 is 0 Å². The summed E-state index contributed by atoms with van der Waals surface area (Å²) in [4.78, 5) is 0. The van der Waals surface area contributed by atoms with Crippen molar-refractivity contribution in [1.29, 1.82) is 0 Å². The van der Waals surface area contributed by atoms with Crippen molar-refractivity contribution < 1.29 is 9.47 Å². The van der Waals surface area contributed by atoms with Gasteiger partial charge in [0.05, 0.1) is 6.61 Å². The highest BCUT2D eigenvalue weighted by Gasteiger charge is 2.23. The van der Waals surface area contributed by atoms with Crippen molar-refractivity contribution in [3.8, 4) is 28.0 Å². The second-order valence-corrected chi connectivity index (χ2v) is 7.66. The summed E-state index contributed by atoms with van der Waals surface area (Å²) in [6.07, 6.45) is 1.11. The Labute approximate surface area is 177 Å². The molecule has 2 nitrogen and oxygen atoms in total. The van der Waals surface area contributed by atoms with E-state index in [2.05, 4.69) is 97.1 Å². The average molecular weight is 392 g/mol. The second kappa shape index (κ2) is 8.56. The highest BCUT2D eigenvalue weighted by molar-refractivity contribution is 5.77. The van der Waals surface area contributed by atoms with Gasteiger partial charge in [-0.2, -0.15) is 0 Å². The Bertz CT molecular complexity index is 1120. The molecule has 0 radical (unpaired) electrons. The molecule has 0 amide bonds. The molecule has 0 aliphatic carbocycles. The van der Waals surface area contributed by atoms with Crippen molar-refractivity contribution in [2.75, 3.05) is 13.2 Å². The van der Waals surface area contributed by atoms with Crippen LogP contribution in [0.2, 0.25) is 0 Å². The third kappa shape index (κ3) is 4.29. The van der Waals surface area contributed by atoms with Crippen LogP contribution in [0.3, 0.4) is 0 Å². The summed E-state index contributed by atoms with van der Waals surface area (Å²) in [7, 11) is 0. The smallest absolute Gasteiger partial charge is 0.127 e. The first-order valence-electron chi connectivity index (χ1n) is 10.4. The lowest BCUT2D eigenvalue weighted by Crippen LogP contribution is -2.05. The van der Waals surface area contributed by atoms with Gasteiger partial charge in [-0.1, -0.05) is 97.1 Å². The molecule has 0 N–H and O–H groups in total. The van der Waals surface area contributed by atoms with Gasteiger partial charge in [-0.3, -0.25) is 0 Å². The Morgan fingerprint density at radius 2 is 1.40 bits per heavy atom. The fourth-order valence-corrected chi connectivity index (χ4v) is 3.79. The number of epoxide rings is 1. The van der Waals surface area contributed by atoms with Crippen molar-refractivity contribution in [3.63, 3.8) is 0 Å². The topological polar surface area (TPSA) is 21.8 Å². The van der Waals surface area contributed by atoms with E-state index in [9.17, 15) is 0 Å². The molecule has 0 aromatic heterocycles. The Morgan fingerprint density at radius 3 is 2.17 bits per heavy atom. The van der Waals surface area contributed by atoms with Crippen LogP contribution in [0.5, 0.6) is 5.75 Å². The van der Waals surface area contributed by atoms with Crippen LogP contribution in [-0.4, -0.2) is 19.3 Å². The Hall–Kier alpha value is -3.36. The fraction of sp³-hybridized carbons (Fsp3) is 0.143. The Kier molecular flexibility index (Phi) is 5.32. The molecule has 1 fully saturated rings. The first kappa shape index (κ1) is 18.7.